The second kappa shape index (κ2) is 9.51. The number of carbonyl (C=O) groups excluding carboxylic acids is 2. The van der Waals surface area contributed by atoms with Crippen LogP contribution < -0.4 is 10.2 Å². The summed E-state index contributed by atoms with van der Waals surface area (Å²) in [7, 11) is 1.98. The standard InChI is InChI=1S/C25H27N5O2/c1-19-3-7-21(8-4-19)27-25(32)30-17-15-29(16-18-30)24(31)20-5-9-22(10-6-20)28(2)23-11-13-26-14-12-23/h3-14H,15-18H2,1-2H3,(H,27,32). The van der Waals surface area contributed by atoms with Crippen molar-refractivity contribution in [1.82, 2.24) is 14.8 Å². The van der Waals surface area contributed by atoms with Crippen LogP contribution in [0, 0.1) is 6.92 Å². The number of piperazine rings is 1. The molecule has 7 nitrogen and oxygen atoms in total. The van der Waals surface area contributed by atoms with Gasteiger partial charge in [-0.1, -0.05) is 17.7 Å². The number of urea groups is 1. The Balaban J connectivity index is 1.32. The number of benzene rings is 2. The summed E-state index contributed by atoms with van der Waals surface area (Å²) in [5.41, 5.74) is 4.59. The maximum absolute atomic E-state index is 12.9. The molecule has 0 atom stereocenters. The summed E-state index contributed by atoms with van der Waals surface area (Å²) in [6.45, 7) is 4.05. The van der Waals surface area contributed by atoms with Gasteiger partial charge in [0.05, 0.1) is 0 Å². The van der Waals surface area contributed by atoms with Gasteiger partial charge in [0.15, 0.2) is 0 Å². The van der Waals surface area contributed by atoms with E-state index in [-0.39, 0.29) is 11.9 Å². The number of pyridine rings is 1. The van der Waals surface area contributed by atoms with Gasteiger partial charge in [0, 0.05) is 68.2 Å². The molecule has 2 aromatic carbocycles. The third-order valence-corrected chi connectivity index (χ3v) is 5.71. The summed E-state index contributed by atoms with van der Waals surface area (Å²) in [6.07, 6.45) is 3.51. The van der Waals surface area contributed by atoms with Crippen molar-refractivity contribution in [2.75, 3.05) is 43.4 Å². The minimum Gasteiger partial charge on any atom is -0.345 e. The smallest absolute Gasteiger partial charge is 0.321 e. The first kappa shape index (κ1) is 21.4. The van der Waals surface area contributed by atoms with Crippen molar-refractivity contribution < 1.29 is 9.59 Å². The van der Waals surface area contributed by atoms with Gasteiger partial charge in [-0.2, -0.15) is 0 Å². The number of aromatic nitrogens is 1. The summed E-state index contributed by atoms with van der Waals surface area (Å²) >= 11 is 0. The Kier molecular flexibility index (Phi) is 6.35. The van der Waals surface area contributed by atoms with E-state index in [0.29, 0.717) is 31.7 Å². The lowest BCUT2D eigenvalue weighted by molar-refractivity contribution is 0.0671. The number of nitrogens with one attached hydrogen (secondary N) is 1. The second-order valence-electron chi connectivity index (χ2n) is 7.89. The third-order valence-electron chi connectivity index (χ3n) is 5.71. The first-order valence-corrected chi connectivity index (χ1v) is 10.7. The van der Waals surface area contributed by atoms with Crippen LogP contribution in [-0.2, 0) is 0 Å². The van der Waals surface area contributed by atoms with Crippen LogP contribution in [0.25, 0.3) is 0 Å². The summed E-state index contributed by atoms with van der Waals surface area (Å²) < 4.78 is 0. The number of carbonyl (C=O) groups is 2. The SMILES string of the molecule is Cc1ccc(NC(=O)N2CCN(C(=O)c3ccc(N(C)c4ccncc4)cc3)CC2)cc1. The van der Waals surface area contributed by atoms with E-state index in [0.717, 1.165) is 22.6 Å². The Hall–Kier alpha value is -3.87. The Bertz CT molecular complexity index is 1060. The predicted octanol–water partition coefficient (Wildman–Crippen LogP) is 4.15. The second-order valence-corrected chi connectivity index (χ2v) is 7.89. The first-order valence-electron chi connectivity index (χ1n) is 10.7. The van der Waals surface area contributed by atoms with E-state index in [4.69, 9.17) is 0 Å². The fraction of sp³-hybridized carbons (Fsp3) is 0.240. The maximum Gasteiger partial charge on any atom is 0.321 e. The van der Waals surface area contributed by atoms with Gasteiger partial charge in [0.2, 0.25) is 0 Å². The molecule has 3 amide bonds. The zero-order chi connectivity index (χ0) is 22.5. The third kappa shape index (κ3) is 4.88. The van der Waals surface area contributed by atoms with Crippen LogP contribution in [0.3, 0.4) is 0 Å². The summed E-state index contributed by atoms with van der Waals surface area (Å²) in [5, 5.41) is 2.92. The van der Waals surface area contributed by atoms with Crippen LogP contribution in [0.2, 0.25) is 0 Å². The molecule has 0 unspecified atom stereocenters. The molecule has 4 rings (SSSR count). The van der Waals surface area contributed by atoms with Crippen molar-refractivity contribution in [2.24, 2.45) is 0 Å². The summed E-state index contributed by atoms with van der Waals surface area (Å²) in [4.78, 5) is 35.1. The van der Waals surface area contributed by atoms with Crippen molar-refractivity contribution in [2.45, 2.75) is 6.92 Å². The Labute approximate surface area is 188 Å². The fourth-order valence-electron chi connectivity index (χ4n) is 3.68. The minimum atomic E-state index is -0.135. The number of aryl methyl sites for hydroxylation is 1. The molecule has 2 heterocycles. The highest BCUT2D eigenvalue weighted by Gasteiger charge is 2.25. The molecule has 0 radical (unpaired) electrons. The molecule has 1 aliphatic heterocycles. The van der Waals surface area contributed by atoms with E-state index in [2.05, 4.69) is 10.3 Å². The lowest BCUT2D eigenvalue weighted by Crippen LogP contribution is -2.51. The van der Waals surface area contributed by atoms with Crippen LogP contribution in [0.5, 0.6) is 0 Å². The van der Waals surface area contributed by atoms with E-state index in [1.807, 2.05) is 79.5 Å². The molecule has 7 heteroatoms. The van der Waals surface area contributed by atoms with Gasteiger partial charge < -0.3 is 20.0 Å². The molecule has 1 fully saturated rings. The first-order chi connectivity index (χ1) is 15.5. The van der Waals surface area contributed by atoms with Crippen LogP contribution in [-0.4, -0.2) is 59.9 Å². The minimum absolute atomic E-state index is 0.0123. The van der Waals surface area contributed by atoms with E-state index in [1.165, 1.54) is 0 Å². The average molecular weight is 430 g/mol. The predicted molar refractivity (Wildman–Crippen MR) is 126 cm³/mol. The van der Waals surface area contributed by atoms with Gasteiger partial charge in [-0.15, -0.1) is 0 Å². The van der Waals surface area contributed by atoms with E-state index < -0.39 is 0 Å². The van der Waals surface area contributed by atoms with Gasteiger partial charge in [-0.3, -0.25) is 9.78 Å². The normalized spacial score (nSPS) is 13.6. The number of hydrogen-bond acceptors (Lipinski definition) is 4. The van der Waals surface area contributed by atoms with Gasteiger partial charge in [-0.25, -0.2) is 4.79 Å². The van der Waals surface area contributed by atoms with Crippen molar-refractivity contribution in [3.05, 3.63) is 84.2 Å². The largest absolute Gasteiger partial charge is 0.345 e. The van der Waals surface area contributed by atoms with E-state index in [1.54, 1.807) is 22.2 Å². The average Bonchev–Trinajstić information content (AvgIpc) is 2.85. The highest BCUT2D eigenvalue weighted by Crippen LogP contribution is 2.23. The molecular weight excluding hydrogens is 402 g/mol. The molecule has 32 heavy (non-hydrogen) atoms. The molecule has 0 spiro atoms. The van der Waals surface area contributed by atoms with Gasteiger partial charge in [-0.05, 0) is 55.5 Å². The van der Waals surface area contributed by atoms with E-state index in [9.17, 15) is 9.59 Å². The van der Waals surface area contributed by atoms with Gasteiger partial charge in [0.25, 0.3) is 5.91 Å². The monoisotopic (exact) mass is 429 g/mol. The summed E-state index contributed by atoms with van der Waals surface area (Å²) in [5.74, 6) is -0.0123. The van der Waals surface area contributed by atoms with Crippen molar-refractivity contribution >= 4 is 29.0 Å². The highest BCUT2D eigenvalue weighted by molar-refractivity contribution is 5.95. The molecule has 1 aliphatic rings. The Morgan fingerprint density at radius 2 is 1.38 bits per heavy atom. The number of nitrogens with zero attached hydrogens (tertiary/aromatic N) is 4. The number of rotatable bonds is 4. The van der Waals surface area contributed by atoms with Crippen molar-refractivity contribution in [3.8, 4) is 0 Å². The topological polar surface area (TPSA) is 68.8 Å². The zero-order valence-corrected chi connectivity index (χ0v) is 18.4. The lowest BCUT2D eigenvalue weighted by atomic mass is 10.1. The summed E-state index contributed by atoms with van der Waals surface area (Å²) in [6, 6.07) is 19.0. The Morgan fingerprint density at radius 3 is 2.00 bits per heavy atom. The Morgan fingerprint density at radius 1 is 0.812 bits per heavy atom. The molecule has 3 aromatic rings. The maximum atomic E-state index is 12.9. The number of hydrogen-bond donors (Lipinski definition) is 1. The number of amides is 3. The molecule has 1 saturated heterocycles. The molecule has 0 aliphatic carbocycles. The van der Waals surface area contributed by atoms with Crippen molar-refractivity contribution in [1.29, 1.82) is 0 Å². The quantitative estimate of drug-likeness (QED) is 0.677. The van der Waals surface area contributed by atoms with Gasteiger partial charge in [0.1, 0.15) is 0 Å². The van der Waals surface area contributed by atoms with Crippen LogP contribution >= 0.6 is 0 Å². The zero-order valence-electron chi connectivity index (χ0n) is 18.4. The fourth-order valence-corrected chi connectivity index (χ4v) is 3.68. The molecule has 1 N–H and O–H groups in total. The van der Waals surface area contributed by atoms with E-state index >= 15 is 0 Å². The van der Waals surface area contributed by atoms with Crippen LogP contribution in [0.1, 0.15) is 15.9 Å². The van der Waals surface area contributed by atoms with Gasteiger partial charge >= 0.3 is 6.03 Å². The molecular formula is C25H27N5O2. The highest BCUT2D eigenvalue weighted by atomic mass is 16.2. The number of anilines is 3. The molecule has 0 saturated carbocycles. The lowest BCUT2D eigenvalue weighted by Gasteiger charge is -2.34. The van der Waals surface area contributed by atoms with Crippen LogP contribution in [0.15, 0.2) is 73.1 Å². The molecule has 1 aromatic heterocycles. The van der Waals surface area contributed by atoms with Crippen LogP contribution in [0.4, 0.5) is 21.9 Å². The molecule has 164 valence electrons. The molecule has 0 bridgehead atoms. The van der Waals surface area contributed by atoms with Crippen molar-refractivity contribution in [3.63, 3.8) is 0 Å².